The molecule has 0 fully saturated rings. The monoisotopic (exact) mass is 266 g/mol. The fourth-order valence-electron chi connectivity index (χ4n) is 2.22. The summed E-state index contributed by atoms with van der Waals surface area (Å²) in [6.07, 6.45) is 2.30. The predicted octanol–water partition coefficient (Wildman–Crippen LogP) is 3.25. The molecule has 0 saturated carbocycles. The van der Waals surface area contributed by atoms with E-state index in [0.717, 1.165) is 11.1 Å². The third-order valence-corrected chi connectivity index (χ3v) is 3.31. The van der Waals surface area contributed by atoms with Crippen LogP contribution in [0.1, 0.15) is 16.7 Å². The fourth-order valence-corrected chi connectivity index (χ4v) is 2.22. The highest BCUT2D eigenvalue weighted by Gasteiger charge is 2.22. The minimum absolute atomic E-state index is 0.177. The maximum absolute atomic E-state index is 12.0. The van der Waals surface area contributed by atoms with Gasteiger partial charge in [-0.1, -0.05) is 29.8 Å². The summed E-state index contributed by atoms with van der Waals surface area (Å²) in [5.41, 5.74) is 3.55. The molecule has 3 heteroatoms. The molecule has 1 aliphatic heterocycles. The summed E-state index contributed by atoms with van der Waals surface area (Å²) < 4.78 is 5.28. The molecular weight excluding hydrogens is 252 g/mol. The molecule has 3 rings (SSSR count). The van der Waals surface area contributed by atoms with Crippen molar-refractivity contribution in [2.45, 2.75) is 13.3 Å². The first-order chi connectivity index (χ1) is 9.61. The number of phenols is 1. The van der Waals surface area contributed by atoms with Gasteiger partial charge in [0.2, 0.25) is 0 Å². The van der Waals surface area contributed by atoms with Gasteiger partial charge in [0, 0.05) is 17.6 Å². The summed E-state index contributed by atoms with van der Waals surface area (Å²) in [4.78, 5) is 12.0. The van der Waals surface area contributed by atoms with Crippen LogP contribution in [0, 0.1) is 6.92 Å². The van der Waals surface area contributed by atoms with E-state index in [1.807, 2.05) is 37.3 Å². The number of phenolic OH excluding ortho intramolecular Hbond substituents is 1. The zero-order chi connectivity index (χ0) is 14.1. The second kappa shape index (κ2) is 4.85. The Kier molecular flexibility index (Phi) is 3.03. The van der Waals surface area contributed by atoms with Crippen LogP contribution < -0.4 is 4.74 Å². The van der Waals surface area contributed by atoms with Gasteiger partial charge in [-0.3, -0.25) is 0 Å². The van der Waals surface area contributed by atoms with Crippen LogP contribution in [0.2, 0.25) is 0 Å². The minimum Gasteiger partial charge on any atom is -0.508 e. The largest absolute Gasteiger partial charge is 0.508 e. The Morgan fingerprint density at radius 2 is 1.90 bits per heavy atom. The summed E-state index contributed by atoms with van der Waals surface area (Å²) in [5, 5.41) is 9.50. The topological polar surface area (TPSA) is 46.5 Å². The Bertz CT molecular complexity index is 697. The molecule has 0 spiro atoms. The van der Waals surface area contributed by atoms with E-state index >= 15 is 0 Å². The molecule has 0 atom stereocenters. The molecule has 2 aromatic carbocycles. The van der Waals surface area contributed by atoms with Crippen molar-refractivity contribution in [3.05, 3.63) is 64.7 Å². The lowest BCUT2D eigenvalue weighted by atomic mass is 9.99. The molecule has 0 bridgehead atoms. The van der Waals surface area contributed by atoms with Crippen LogP contribution in [0.5, 0.6) is 11.5 Å². The molecule has 0 saturated heterocycles. The third-order valence-electron chi connectivity index (χ3n) is 3.31. The molecule has 2 aromatic rings. The smallest absolute Gasteiger partial charge is 0.339 e. The quantitative estimate of drug-likeness (QED) is 0.489. The lowest BCUT2D eigenvalue weighted by Crippen LogP contribution is -2.19. The number of rotatable bonds is 1. The van der Waals surface area contributed by atoms with Gasteiger partial charge in [-0.25, -0.2) is 4.79 Å². The Morgan fingerprint density at radius 3 is 2.65 bits per heavy atom. The van der Waals surface area contributed by atoms with E-state index in [1.165, 1.54) is 11.6 Å². The van der Waals surface area contributed by atoms with E-state index in [2.05, 4.69) is 0 Å². The van der Waals surface area contributed by atoms with Crippen LogP contribution in [-0.4, -0.2) is 11.1 Å². The molecule has 0 amide bonds. The summed E-state index contributed by atoms with van der Waals surface area (Å²) in [6, 6.07) is 12.7. The zero-order valence-corrected chi connectivity index (χ0v) is 11.1. The summed E-state index contributed by atoms with van der Waals surface area (Å²) in [6.45, 7) is 2.02. The predicted molar refractivity (Wildman–Crippen MR) is 76.6 cm³/mol. The fraction of sp³-hybridized carbons (Fsp3) is 0.118. The normalized spacial score (nSPS) is 15.8. The molecule has 1 N–H and O–H groups in total. The maximum Gasteiger partial charge on any atom is 0.339 e. The number of aryl methyl sites for hydroxylation is 1. The van der Waals surface area contributed by atoms with Crippen molar-refractivity contribution in [1.29, 1.82) is 0 Å². The summed E-state index contributed by atoms with van der Waals surface area (Å²) in [7, 11) is 0. The number of esters is 1. The molecule has 20 heavy (non-hydrogen) atoms. The van der Waals surface area contributed by atoms with E-state index in [9.17, 15) is 9.90 Å². The second-order valence-electron chi connectivity index (χ2n) is 4.94. The Hall–Kier alpha value is -2.55. The van der Waals surface area contributed by atoms with Crippen LogP contribution in [0.25, 0.3) is 6.08 Å². The zero-order valence-electron chi connectivity index (χ0n) is 11.1. The molecule has 0 aromatic heterocycles. The van der Waals surface area contributed by atoms with Gasteiger partial charge in [-0.2, -0.15) is 0 Å². The summed E-state index contributed by atoms with van der Waals surface area (Å²) >= 11 is 0. The molecule has 0 unspecified atom stereocenters. The Labute approximate surface area is 117 Å². The van der Waals surface area contributed by atoms with E-state index in [4.69, 9.17) is 4.74 Å². The van der Waals surface area contributed by atoms with E-state index in [1.54, 1.807) is 12.1 Å². The number of carbonyl (C=O) groups excluding carboxylic acids is 1. The van der Waals surface area contributed by atoms with E-state index in [0.29, 0.717) is 17.7 Å². The SMILES string of the molecule is Cc1ccc(/C=C2/Cc3cc(O)ccc3OC2=O)cc1. The number of ether oxygens (including phenoxy) is 1. The second-order valence-corrected chi connectivity index (χ2v) is 4.94. The molecule has 3 nitrogen and oxygen atoms in total. The van der Waals surface area contributed by atoms with Crippen LogP contribution in [0.4, 0.5) is 0 Å². The molecule has 1 aliphatic rings. The highest BCUT2D eigenvalue weighted by Crippen LogP contribution is 2.31. The number of carbonyl (C=O) groups is 1. The lowest BCUT2D eigenvalue weighted by molar-refractivity contribution is -0.130. The van der Waals surface area contributed by atoms with Gasteiger partial charge >= 0.3 is 5.97 Å². The van der Waals surface area contributed by atoms with Crippen molar-refractivity contribution in [2.24, 2.45) is 0 Å². The number of fused-ring (bicyclic) bond motifs is 1. The van der Waals surface area contributed by atoms with Gasteiger partial charge in [0.15, 0.2) is 0 Å². The van der Waals surface area contributed by atoms with Crippen LogP contribution in [0.15, 0.2) is 48.0 Å². The van der Waals surface area contributed by atoms with Crippen LogP contribution in [0.3, 0.4) is 0 Å². The van der Waals surface area contributed by atoms with Crippen molar-refractivity contribution >= 4 is 12.0 Å². The van der Waals surface area contributed by atoms with Gasteiger partial charge in [-0.15, -0.1) is 0 Å². The average molecular weight is 266 g/mol. The number of hydrogen-bond donors (Lipinski definition) is 1. The standard InChI is InChI=1S/C17H14O3/c1-11-2-4-12(5-3-11)8-14-9-13-10-15(18)6-7-16(13)20-17(14)19/h2-8,10,18H,9H2,1H3/b14-8-. The van der Waals surface area contributed by atoms with Gasteiger partial charge in [0.05, 0.1) is 0 Å². The molecule has 0 radical (unpaired) electrons. The highest BCUT2D eigenvalue weighted by molar-refractivity contribution is 5.97. The third kappa shape index (κ3) is 2.43. The van der Waals surface area contributed by atoms with Gasteiger partial charge in [-0.05, 0) is 36.8 Å². The summed E-state index contributed by atoms with van der Waals surface area (Å²) in [5.74, 6) is 0.369. The van der Waals surface area contributed by atoms with Crippen molar-refractivity contribution in [1.82, 2.24) is 0 Å². The van der Waals surface area contributed by atoms with Crippen molar-refractivity contribution in [3.8, 4) is 11.5 Å². The average Bonchev–Trinajstić information content (AvgIpc) is 2.42. The minimum atomic E-state index is -0.330. The number of aromatic hydroxyl groups is 1. The van der Waals surface area contributed by atoms with Crippen molar-refractivity contribution in [3.63, 3.8) is 0 Å². The Balaban J connectivity index is 1.95. The lowest BCUT2D eigenvalue weighted by Gasteiger charge is -2.18. The molecule has 0 aliphatic carbocycles. The van der Waals surface area contributed by atoms with Gasteiger partial charge in [0.25, 0.3) is 0 Å². The van der Waals surface area contributed by atoms with Crippen molar-refractivity contribution < 1.29 is 14.6 Å². The van der Waals surface area contributed by atoms with Gasteiger partial charge < -0.3 is 9.84 Å². The molecule has 1 heterocycles. The first-order valence-electron chi connectivity index (χ1n) is 6.43. The highest BCUT2D eigenvalue weighted by atomic mass is 16.5. The maximum atomic E-state index is 12.0. The first-order valence-corrected chi connectivity index (χ1v) is 6.43. The molecule has 100 valence electrons. The number of benzene rings is 2. The van der Waals surface area contributed by atoms with Gasteiger partial charge in [0.1, 0.15) is 11.5 Å². The van der Waals surface area contributed by atoms with E-state index < -0.39 is 0 Å². The van der Waals surface area contributed by atoms with Crippen molar-refractivity contribution in [2.75, 3.05) is 0 Å². The van der Waals surface area contributed by atoms with Crippen LogP contribution >= 0.6 is 0 Å². The number of hydrogen-bond acceptors (Lipinski definition) is 3. The Morgan fingerprint density at radius 1 is 1.15 bits per heavy atom. The first kappa shape index (κ1) is 12.5. The van der Waals surface area contributed by atoms with E-state index in [-0.39, 0.29) is 11.7 Å². The molecular formula is C17H14O3. The van der Waals surface area contributed by atoms with Crippen LogP contribution in [-0.2, 0) is 11.2 Å².